The van der Waals surface area contributed by atoms with Crippen molar-refractivity contribution in [1.82, 2.24) is 5.32 Å². The van der Waals surface area contributed by atoms with Gasteiger partial charge in [-0.1, -0.05) is 82.2 Å². The summed E-state index contributed by atoms with van der Waals surface area (Å²) in [5.74, 6) is -0.665. The summed E-state index contributed by atoms with van der Waals surface area (Å²) in [7, 11) is -8.45. The van der Waals surface area contributed by atoms with Crippen LogP contribution in [-0.2, 0) is 29.8 Å². The Morgan fingerprint density at radius 3 is 1.85 bits per heavy atom. The minimum Gasteiger partial charge on any atom is -0.425 e. The van der Waals surface area contributed by atoms with E-state index in [1.807, 2.05) is 0 Å². The second-order valence-corrected chi connectivity index (χ2v) is 12.0. The zero-order valence-corrected chi connectivity index (χ0v) is 24.6. The van der Waals surface area contributed by atoms with E-state index in [2.05, 4.69) is 12.2 Å². The lowest BCUT2D eigenvalue weighted by Gasteiger charge is -2.08. The third-order valence-electron chi connectivity index (χ3n) is 5.78. The van der Waals surface area contributed by atoms with Crippen LogP contribution < -0.4 is 10.1 Å². The maximum atomic E-state index is 11.9. The van der Waals surface area contributed by atoms with E-state index < -0.39 is 31.1 Å². The van der Waals surface area contributed by atoms with E-state index in [0.29, 0.717) is 19.4 Å². The Hall–Kier alpha value is -2.80. The smallest absolute Gasteiger partial charge is 0.311 e. The molecule has 3 N–H and O–H groups in total. The van der Waals surface area contributed by atoms with Crippen LogP contribution in [0.4, 0.5) is 0 Å². The minimum atomic E-state index is -4.45. The minimum absolute atomic E-state index is 0.0739. The first-order chi connectivity index (χ1) is 18.9. The Labute approximate surface area is 238 Å². The molecule has 0 saturated carbocycles. The standard InChI is InChI=1S/C22H35NO6S.C6H6O3S/c1-2-3-4-5-6-7-9-16-21(24)23-18-13-8-10-17-22(25)29-19-14-11-12-15-20(19)30(26,27)28;7-10(8,9)6-4-2-1-3-5-6/h11-12,14-15H,2-10,13,16-18H2,1H3,(H,23,24)(H,26,27,28);1-5H,(H,7,8,9). The second-order valence-electron chi connectivity index (χ2n) is 9.22. The van der Waals surface area contributed by atoms with Gasteiger partial charge in [-0.25, -0.2) is 0 Å². The number of carbonyl (C=O) groups excluding carboxylic acids is 2. The fourth-order valence-corrected chi connectivity index (χ4v) is 4.76. The molecule has 0 spiro atoms. The number of para-hydroxylation sites is 1. The average Bonchev–Trinajstić information content (AvgIpc) is 2.90. The Balaban J connectivity index is 0.000000667. The zero-order chi connectivity index (χ0) is 29.9. The third kappa shape index (κ3) is 16.3. The van der Waals surface area contributed by atoms with Crippen molar-refractivity contribution < 1.29 is 40.3 Å². The SMILES string of the molecule is CCCCCCCCCC(=O)NCCCCCC(=O)Oc1ccccc1S(=O)(=O)O.O=S(=O)(O)c1ccccc1. The largest absolute Gasteiger partial charge is 0.425 e. The molecular formula is C28H41NO9S2. The van der Waals surface area contributed by atoms with E-state index in [1.165, 1.54) is 68.5 Å². The Bertz CT molecular complexity index is 1230. The van der Waals surface area contributed by atoms with Crippen molar-refractivity contribution >= 4 is 32.1 Å². The number of amides is 1. The molecule has 1 amide bonds. The normalized spacial score (nSPS) is 11.3. The monoisotopic (exact) mass is 599 g/mol. The molecule has 2 aromatic carbocycles. The molecule has 2 rings (SSSR count). The molecule has 10 nitrogen and oxygen atoms in total. The van der Waals surface area contributed by atoms with Crippen LogP contribution in [0.1, 0.15) is 84.0 Å². The summed E-state index contributed by atoms with van der Waals surface area (Å²) < 4.78 is 66.0. The van der Waals surface area contributed by atoms with Gasteiger partial charge in [-0.2, -0.15) is 16.8 Å². The van der Waals surface area contributed by atoms with E-state index in [0.717, 1.165) is 25.7 Å². The van der Waals surface area contributed by atoms with Gasteiger partial charge in [0.25, 0.3) is 20.2 Å². The lowest BCUT2D eigenvalue weighted by Crippen LogP contribution is -2.24. The van der Waals surface area contributed by atoms with Gasteiger partial charge in [0.2, 0.25) is 5.91 Å². The summed E-state index contributed by atoms with van der Waals surface area (Å²) in [6.45, 7) is 2.78. The van der Waals surface area contributed by atoms with E-state index in [1.54, 1.807) is 18.2 Å². The van der Waals surface area contributed by atoms with Gasteiger partial charge in [0.1, 0.15) is 4.90 Å². The van der Waals surface area contributed by atoms with E-state index in [4.69, 9.17) is 13.8 Å². The molecule has 0 aromatic heterocycles. The molecule has 0 aliphatic heterocycles. The first-order valence-corrected chi connectivity index (χ1v) is 16.4. The van der Waals surface area contributed by atoms with Crippen LogP contribution in [0.2, 0.25) is 0 Å². The van der Waals surface area contributed by atoms with Crippen LogP contribution in [0.15, 0.2) is 64.4 Å². The molecule has 0 aliphatic carbocycles. The predicted molar refractivity (Wildman–Crippen MR) is 152 cm³/mol. The van der Waals surface area contributed by atoms with Crippen molar-refractivity contribution in [3.63, 3.8) is 0 Å². The van der Waals surface area contributed by atoms with Crippen LogP contribution in [0.5, 0.6) is 5.75 Å². The van der Waals surface area contributed by atoms with Crippen molar-refractivity contribution in [2.24, 2.45) is 0 Å². The highest BCUT2D eigenvalue weighted by atomic mass is 32.2. The third-order valence-corrected chi connectivity index (χ3v) is 7.54. The van der Waals surface area contributed by atoms with Gasteiger partial charge < -0.3 is 10.1 Å². The molecule has 0 radical (unpaired) electrons. The molecule has 0 atom stereocenters. The quantitative estimate of drug-likeness (QED) is 0.0910. The van der Waals surface area contributed by atoms with Gasteiger partial charge >= 0.3 is 5.97 Å². The number of hydrogen-bond donors (Lipinski definition) is 3. The van der Waals surface area contributed by atoms with Gasteiger partial charge in [0.15, 0.2) is 5.75 Å². The molecule has 0 aliphatic rings. The maximum absolute atomic E-state index is 11.9. The second kappa shape index (κ2) is 19.3. The first kappa shape index (κ1) is 35.2. The topological polar surface area (TPSA) is 164 Å². The molecule has 0 saturated heterocycles. The Morgan fingerprint density at radius 1 is 0.700 bits per heavy atom. The first-order valence-electron chi connectivity index (χ1n) is 13.5. The van der Waals surface area contributed by atoms with Gasteiger partial charge in [-0.3, -0.25) is 18.7 Å². The highest BCUT2D eigenvalue weighted by Gasteiger charge is 2.18. The number of carbonyl (C=O) groups is 2. The van der Waals surface area contributed by atoms with E-state index >= 15 is 0 Å². The van der Waals surface area contributed by atoms with Crippen molar-refractivity contribution in [3.8, 4) is 5.75 Å². The average molecular weight is 600 g/mol. The van der Waals surface area contributed by atoms with Crippen LogP contribution in [0, 0.1) is 0 Å². The van der Waals surface area contributed by atoms with E-state index in [9.17, 15) is 26.4 Å². The van der Waals surface area contributed by atoms with Gasteiger partial charge in [0, 0.05) is 19.4 Å². The molecule has 40 heavy (non-hydrogen) atoms. The van der Waals surface area contributed by atoms with Gasteiger partial charge in [-0.05, 0) is 43.5 Å². The van der Waals surface area contributed by atoms with Crippen molar-refractivity contribution in [2.45, 2.75) is 93.8 Å². The predicted octanol–water partition coefficient (Wildman–Crippen LogP) is 5.59. The number of benzene rings is 2. The van der Waals surface area contributed by atoms with Crippen LogP contribution in [0.25, 0.3) is 0 Å². The van der Waals surface area contributed by atoms with Crippen molar-refractivity contribution in [2.75, 3.05) is 6.54 Å². The summed E-state index contributed by atoms with van der Waals surface area (Å²) in [6, 6.07) is 12.9. The van der Waals surface area contributed by atoms with E-state index in [-0.39, 0.29) is 23.0 Å². The number of ether oxygens (including phenoxy) is 1. The molecular weight excluding hydrogens is 558 g/mol. The number of rotatable bonds is 17. The van der Waals surface area contributed by atoms with Gasteiger partial charge in [-0.15, -0.1) is 0 Å². The highest BCUT2D eigenvalue weighted by molar-refractivity contribution is 7.86. The number of hydrogen-bond acceptors (Lipinski definition) is 7. The Morgan fingerprint density at radius 2 is 1.25 bits per heavy atom. The molecule has 12 heteroatoms. The van der Waals surface area contributed by atoms with Crippen LogP contribution in [0.3, 0.4) is 0 Å². The molecule has 0 unspecified atom stereocenters. The summed E-state index contributed by atoms with van der Waals surface area (Å²) in [5.41, 5.74) is 0. The van der Waals surface area contributed by atoms with Gasteiger partial charge in [0.05, 0.1) is 4.90 Å². The summed E-state index contributed by atoms with van der Waals surface area (Å²) in [4.78, 5) is 23.2. The molecule has 2 aromatic rings. The fraction of sp³-hybridized carbons (Fsp3) is 0.500. The lowest BCUT2D eigenvalue weighted by molar-refractivity contribution is -0.134. The summed E-state index contributed by atoms with van der Waals surface area (Å²) in [6.07, 6.45) is 11.0. The Kier molecular flexibility index (Phi) is 17.0. The molecule has 0 bridgehead atoms. The van der Waals surface area contributed by atoms with Crippen molar-refractivity contribution in [1.29, 1.82) is 0 Å². The molecule has 224 valence electrons. The molecule has 0 fully saturated rings. The fourth-order valence-electron chi connectivity index (χ4n) is 3.64. The van der Waals surface area contributed by atoms with Crippen LogP contribution >= 0.6 is 0 Å². The number of unbranched alkanes of at least 4 members (excludes halogenated alkanes) is 8. The maximum Gasteiger partial charge on any atom is 0.311 e. The summed E-state index contributed by atoms with van der Waals surface area (Å²) in [5, 5.41) is 2.90. The van der Waals surface area contributed by atoms with Crippen LogP contribution in [-0.4, -0.2) is 44.4 Å². The highest BCUT2D eigenvalue weighted by Crippen LogP contribution is 2.23. The zero-order valence-electron chi connectivity index (χ0n) is 23.0. The lowest BCUT2D eigenvalue weighted by atomic mass is 10.1. The number of esters is 1. The number of nitrogens with one attached hydrogen (secondary N) is 1. The summed E-state index contributed by atoms with van der Waals surface area (Å²) >= 11 is 0. The molecule has 0 heterocycles. The van der Waals surface area contributed by atoms with Crippen molar-refractivity contribution in [3.05, 3.63) is 54.6 Å².